The van der Waals surface area contributed by atoms with Crippen molar-refractivity contribution in [3.63, 3.8) is 0 Å². The van der Waals surface area contributed by atoms with Crippen molar-refractivity contribution in [2.75, 3.05) is 25.0 Å². The number of carbonyl (C=O) groups excluding carboxylic acids is 1. The van der Waals surface area contributed by atoms with Gasteiger partial charge in [-0.3, -0.25) is 9.78 Å². The molecule has 1 fully saturated rings. The molecule has 0 atom stereocenters. The molecule has 6 nitrogen and oxygen atoms in total. The second-order valence-electron chi connectivity index (χ2n) is 6.50. The monoisotopic (exact) mass is 395 g/mol. The number of pyridine rings is 1. The van der Waals surface area contributed by atoms with Gasteiger partial charge in [0, 0.05) is 49.0 Å². The van der Waals surface area contributed by atoms with Gasteiger partial charge in [0.1, 0.15) is 5.69 Å². The number of anilines is 1. The minimum atomic E-state index is -2.58. The van der Waals surface area contributed by atoms with Gasteiger partial charge >= 0.3 is 0 Å². The lowest BCUT2D eigenvalue weighted by Crippen LogP contribution is -2.38. The Balaban J connectivity index is 1.50. The smallest absolute Gasteiger partial charge is 0.271 e. The average molecular weight is 395 g/mol. The van der Waals surface area contributed by atoms with Gasteiger partial charge in [0.05, 0.1) is 0 Å². The zero-order chi connectivity index (χ0) is 19.2. The summed E-state index contributed by atoms with van der Waals surface area (Å²) in [6.07, 6.45) is 2.12. The SMILES string of the molecule is CCN1CCC(Nc2nc(C(=O)NCc3cncc(C(F)F)c3)cs2)CC1. The maximum Gasteiger partial charge on any atom is 0.271 e. The van der Waals surface area contributed by atoms with Crippen molar-refractivity contribution >= 4 is 22.4 Å². The number of halogens is 2. The number of nitrogens with one attached hydrogen (secondary N) is 2. The lowest BCUT2D eigenvalue weighted by molar-refractivity contribution is 0.0946. The Kier molecular flexibility index (Phi) is 6.68. The Morgan fingerprint density at radius 1 is 1.37 bits per heavy atom. The van der Waals surface area contributed by atoms with Gasteiger partial charge in [-0.1, -0.05) is 6.92 Å². The van der Waals surface area contributed by atoms with Crippen LogP contribution < -0.4 is 10.6 Å². The number of piperidine rings is 1. The molecule has 1 saturated heterocycles. The first kappa shape index (κ1) is 19.6. The molecule has 2 N–H and O–H groups in total. The number of likely N-dealkylation sites (tertiary alicyclic amines) is 1. The third-order valence-corrected chi connectivity index (χ3v) is 5.39. The average Bonchev–Trinajstić information content (AvgIpc) is 3.15. The van der Waals surface area contributed by atoms with E-state index in [4.69, 9.17) is 0 Å². The van der Waals surface area contributed by atoms with Gasteiger partial charge in [0.25, 0.3) is 12.3 Å². The lowest BCUT2D eigenvalue weighted by Gasteiger charge is -2.31. The number of rotatable bonds is 7. The summed E-state index contributed by atoms with van der Waals surface area (Å²) in [6.45, 7) is 5.50. The van der Waals surface area contributed by atoms with E-state index in [-0.39, 0.29) is 18.0 Å². The van der Waals surface area contributed by atoms with E-state index in [2.05, 4.69) is 32.4 Å². The van der Waals surface area contributed by atoms with Crippen LogP contribution in [-0.2, 0) is 6.54 Å². The van der Waals surface area contributed by atoms with Crippen molar-refractivity contribution in [2.24, 2.45) is 0 Å². The second kappa shape index (κ2) is 9.18. The first-order chi connectivity index (χ1) is 13.0. The van der Waals surface area contributed by atoms with Gasteiger partial charge in [0.15, 0.2) is 5.13 Å². The molecule has 9 heteroatoms. The molecule has 1 aliphatic rings. The van der Waals surface area contributed by atoms with Crippen molar-refractivity contribution in [1.29, 1.82) is 0 Å². The topological polar surface area (TPSA) is 70.2 Å². The third kappa shape index (κ3) is 5.43. The maximum atomic E-state index is 12.7. The summed E-state index contributed by atoms with van der Waals surface area (Å²) in [6, 6.07) is 1.72. The number of alkyl halides is 2. The normalized spacial score (nSPS) is 15.9. The first-order valence-corrected chi connectivity index (χ1v) is 9.87. The fraction of sp³-hybridized carbons (Fsp3) is 0.500. The van der Waals surface area contributed by atoms with Crippen molar-refractivity contribution in [3.8, 4) is 0 Å². The molecule has 3 heterocycles. The van der Waals surface area contributed by atoms with E-state index in [9.17, 15) is 13.6 Å². The molecule has 3 rings (SSSR count). The van der Waals surface area contributed by atoms with Crippen LogP contribution in [0.1, 0.15) is 47.8 Å². The molecule has 0 spiro atoms. The van der Waals surface area contributed by atoms with Gasteiger partial charge < -0.3 is 15.5 Å². The highest BCUT2D eigenvalue weighted by atomic mass is 32.1. The fourth-order valence-electron chi connectivity index (χ4n) is 3.01. The van der Waals surface area contributed by atoms with Crippen LogP contribution in [0, 0.1) is 0 Å². The number of amides is 1. The van der Waals surface area contributed by atoms with Crippen LogP contribution in [0.4, 0.5) is 13.9 Å². The van der Waals surface area contributed by atoms with E-state index in [0.717, 1.165) is 43.8 Å². The fourth-order valence-corrected chi connectivity index (χ4v) is 3.78. The number of hydrogen-bond donors (Lipinski definition) is 2. The summed E-state index contributed by atoms with van der Waals surface area (Å²) < 4.78 is 25.4. The summed E-state index contributed by atoms with van der Waals surface area (Å²) in [5.74, 6) is -0.331. The Morgan fingerprint density at radius 3 is 2.85 bits per heavy atom. The van der Waals surface area contributed by atoms with E-state index in [1.807, 2.05) is 0 Å². The molecule has 0 bridgehead atoms. The largest absolute Gasteiger partial charge is 0.359 e. The summed E-state index contributed by atoms with van der Waals surface area (Å²) in [7, 11) is 0. The van der Waals surface area contributed by atoms with E-state index in [1.165, 1.54) is 23.6 Å². The summed E-state index contributed by atoms with van der Waals surface area (Å²) in [5, 5.41) is 8.53. The number of thiazole rings is 1. The Morgan fingerprint density at radius 2 is 2.15 bits per heavy atom. The predicted molar refractivity (Wildman–Crippen MR) is 101 cm³/mol. The van der Waals surface area contributed by atoms with E-state index < -0.39 is 6.43 Å². The maximum absolute atomic E-state index is 12.7. The summed E-state index contributed by atoms with van der Waals surface area (Å²) in [5.41, 5.74) is 0.694. The first-order valence-electron chi connectivity index (χ1n) is 8.99. The molecule has 0 aromatic carbocycles. The number of aromatic nitrogens is 2. The van der Waals surface area contributed by atoms with Crippen LogP contribution in [0.5, 0.6) is 0 Å². The van der Waals surface area contributed by atoms with Crippen LogP contribution in [0.2, 0.25) is 0 Å². The highest BCUT2D eigenvalue weighted by Gasteiger charge is 2.19. The number of nitrogens with zero attached hydrogens (tertiary/aromatic N) is 3. The molecular weight excluding hydrogens is 372 g/mol. The van der Waals surface area contributed by atoms with Gasteiger partial charge in [-0.2, -0.15) is 0 Å². The summed E-state index contributed by atoms with van der Waals surface area (Å²) in [4.78, 5) is 22.8. The molecule has 0 saturated carbocycles. The zero-order valence-electron chi connectivity index (χ0n) is 15.1. The molecule has 0 radical (unpaired) electrons. The van der Waals surface area contributed by atoms with Gasteiger partial charge in [-0.25, -0.2) is 13.8 Å². The molecule has 2 aromatic rings. The van der Waals surface area contributed by atoms with Crippen molar-refractivity contribution < 1.29 is 13.6 Å². The van der Waals surface area contributed by atoms with E-state index in [1.54, 1.807) is 5.38 Å². The molecule has 1 aliphatic heterocycles. The molecule has 0 unspecified atom stereocenters. The lowest BCUT2D eigenvalue weighted by atomic mass is 10.1. The molecule has 1 amide bonds. The highest BCUT2D eigenvalue weighted by molar-refractivity contribution is 7.13. The number of carbonyl (C=O) groups is 1. The quantitative estimate of drug-likeness (QED) is 0.753. The van der Waals surface area contributed by atoms with Crippen LogP contribution in [0.3, 0.4) is 0 Å². The van der Waals surface area contributed by atoms with E-state index >= 15 is 0 Å². The molecule has 2 aromatic heterocycles. The van der Waals surface area contributed by atoms with Crippen molar-refractivity contribution in [2.45, 2.75) is 38.8 Å². The van der Waals surface area contributed by atoms with Crippen LogP contribution >= 0.6 is 11.3 Å². The molecule has 27 heavy (non-hydrogen) atoms. The molecule has 0 aliphatic carbocycles. The summed E-state index contributed by atoms with van der Waals surface area (Å²) >= 11 is 1.40. The predicted octanol–water partition coefficient (Wildman–Crippen LogP) is 3.30. The highest BCUT2D eigenvalue weighted by Crippen LogP contribution is 2.21. The van der Waals surface area contributed by atoms with E-state index in [0.29, 0.717) is 17.3 Å². The third-order valence-electron chi connectivity index (χ3n) is 4.62. The van der Waals surface area contributed by atoms with Crippen LogP contribution in [0.15, 0.2) is 23.8 Å². The van der Waals surface area contributed by atoms with Crippen LogP contribution in [0.25, 0.3) is 0 Å². The van der Waals surface area contributed by atoms with Gasteiger partial charge in [-0.15, -0.1) is 11.3 Å². The standard InChI is InChI=1S/C18H23F2N5OS/c1-2-25-5-3-14(4-6-25)23-18-24-15(11-27-18)17(26)22-9-12-7-13(16(19)20)10-21-8-12/h7-8,10-11,14,16H,2-6,9H2,1H3,(H,22,26)(H,23,24). The molecular formula is C18H23F2N5OS. The Hall–Kier alpha value is -2.13. The zero-order valence-corrected chi connectivity index (χ0v) is 15.9. The minimum Gasteiger partial charge on any atom is -0.359 e. The van der Waals surface area contributed by atoms with Crippen molar-refractivity contribution in [3.05, 3.63) is 40.7 Å². The number of hydrogen-bond acceptors (Lipinski definition) is 6. The Bertz CT molecular complexity index is 762. The van der Waals surface area contributed by atoms with Crippen LogP contribution in [-0.4, -0.2) is 46.5 Å². The van der Waals surface area contributed by atoms with Crippen molar-refractivity contribution in [1.82, 2.24) is 20.2 Å². The molecule has 146 valence electrons. The van der Waals surface area contributed by atoms with Gasteiger partial charge in [0.2, 0.25) is 0 Å². The minimum absolute atomic E-state index is 0.127. The van der Waals surface area contributed by atoms with Gasteiger partial charge in [-0.05, 0) is 31.0 Å². The Labute approximate surface area is 161 Å². The second-order valence-corrected chi connectivity index (χ2v) is 7.36.